The number of aliphatic hydroxyl groups is 3. The Morgan fingerprint density at radius 3 is 2.39 bits per heavy atom. The SMILES string of the molecule is CC1(C)[C@H](O)CC[C@@]2(C)[C@H]1CC[C@]13C[C@H](CC[C@@H]12)[C@](O)(CO)C3. The second-order valence-electron chi connectivity index (χ2n) is 10.3. The van der Waals surface area contributed by atoms with Gasteiger partial charge in [0.25, 0.3) is 0 Å². The van der Waals surface area contributed by atoms with E-state index in [1.807, 2.05) is 0 Å². The van der Waals surface area contributed by atoms with E-state index in [0.717, 1.165) is 32.1 Å². The minimum Gasteiger partial charge on any atom is -0.393 e. The van der Waals surface area contributed by atoms with E-state index in [2.05, 4.69) is 20.8 Å². The molecule has 132 valence electrons. The van der Waals surface area contributed by atoms with Gasteiger partial charge in [0.2, 0.25) is 0 Å². The molecule has 3 N–H and O–H groups in total. The van der Waals surface area contributed by atoms with Crippen molar-refractivity contribution < 1.29 is 15.3 Å². The van der Waals surface area contributed by atoms with Gasteiger partial charge in [-0.3, -0.25) is 0 Å². The van der Waals surface area contributed by atoms with Crippen molar-refractivity contribution >= 4 is 0 Å². The van der Waals surface area contributed by atoms with E-state index in [0.29, 0.717) is 17.8 Å². The molecule has 23 heavy (non-hydrogen) atoms. The lowest BCUT2D eigenvalue weighted by molar-refractivity contribution is -0.180. The number of aliphatic hydroxyl groups excluding tert-OH is 2. The van der Waals surface area contributed by atoms with Crippen LogP contribution >= 0.6 is 0 Å². The van der Waals surface area contributed by atoms with Crippen LogP contribution in [-0.2, 0) is 0 Å². The Morgan fingerprint density at radius 2 is 1.70 bits per heavy atom. The molecule has 4 aliphatic rings. The molecule has 4 rings (SSSR count). The molecule has 7 atom stereocenters. The summed E-state index contributed by atoms with van der Waals surface area (Å²) >= 11 is 0. The quantitative estimate of drug-likeness (QED) is 0.695. The fourth-order valence-corrected chi connectivity index (χ4v) is 8.02. The normalized spacial score (nSPS) is 57.7. The summed E-state index contributed by atoms with van der Waals surface area (Å²) in [5, 5.41) is 31.3. The van der Waals surface area contributed by atoms with Crippen LogP contribution in [-0.4, -0.2) is 33.6 Å². The minimum absolute atomic E-state index is 0.00263. The summed E-state index contributed by atoms with van der Waals surface area (Å²) in [6.07, 6.45) is 8.39. The van der Waals surface area contributed by atoms with Crippen molar-refractivity contribution in [3.05, 3.63) is 0 Å². The standard InChI is InChI=1S/C20H34O3/c1-17(2)14-6-9-19-10-13(20(23,11-19)12-21)4-5-15(19)18(14,3)8-7-16(17)22/h13-16,21-23H,4-12H2,1-3H3/t13-,14-,15+,16+,18-,19+,20+/m0/s1. The van der Waals surface area contributed by atoms with E-state index in [9.17, 15) is 15.3 Å². The fourth-order valence-electron chi connectivity index (χ4n) is 8.02. The Morgan fingerprint density at radius 1 is 0.957 bits per heavy atom. The van der Waals surface area contributed by atoms with E-state index in [-0.39, 0.29) is 29.0 Å². The number of fused-ring (bicyclic) bond motifs is 3. The maximum atomic E-state index is 10.9. The molecule has 0 radical (unpaired) electrons. The summed E-state index contributed by atoms with van der Waals surface area (Å²) in [7, 11) is 0. The molecular weight excluding hydrogens is 288 g/mol. The van der Waals surface area contributed by atoms with Crippen molar-refractivity contribution in [1.29, 1.82) is 0 Å². The van der Waals surface area contributed by atoms with Crippen molar-refractivity contribution in [2.45, 2.75) is 83.8 Å². The summed E-state index contributed by atoms with van der Waals surface area (Å²) in [6, 6.07) is 0. The Kier molecular flexibility index (Phi) is 3.37. The zero-order chi connectivity index (χ0) is 16.7. The van der Waals surface area contributed by atoms with Crippen molar-refractivity contribution in [3.63, 3.8) is 0 Å². The van der Waals surface area contributed by atoms with Crippen LogP contribution in [0.3, 0.4) is 0 Å². The third-order valence-corrected chi connectivity index (χ3v) is 9.12. The summed E-state index contributed by atoms with van der Waals surface area (Å²) in [5.74, 6) is 1.53. The van der Waals surface area contributed by atoms with Gasteiger partial charge in [0, 0.05) is 0 Å². The summed E-state index contributed by atoms with van der Waals surface area (Å²) in [5.41, 5.74) is -0.310. The molecule has 0 aromatic carbocycles. The summed E-state index contributed by atoms with van der Waals surface area (Å²) in [6.45, 7) is 6.94. The van der Waals surface area contributed by atoms with Gasteiger partial charge in [0.15, 0.2) is 0 Å². The highest BCUT2D eigenvalue weighted by Crippen LogP contribution is 2.72. The third kappa shape index (κ3) is 1.93. The third-order valence-electron chi connectivity index (χ3n) is 9.12. The first-order valence-electron chi connectivity index (χ1n) is 9.69. The van der Waals surface area contributed by atoms with E-state index >= 15 is 0 Å². The Bertz CT molecular complexity index is 503. The highest BCUT2D eigenvalue weighted by molar-refractivity contribution is 5.17. The average molecular weight is 322 g/mol. The first-order chi connectivity index (χ1) is 10.7. The molecule has 3 nitrogen and oxygen atoms in total. The number of hydrogen-bond donors (Lipinski definition) is 3. The Balaban J connectivity index is 1.72. The molecule has 0 heterocycles. The van der Waals surface area contributed by atoms with E-state index < -0.39 is 5.60 Å². The van der Waals surface area contributed by atoms with Gasteiger partial charge in [0.05, 0.1) is 18.3 Å². The first-order valence-corrected chi connectivity index (χ1v) is 9.69. The zero-order valence-electron chi connectivity index (χ0n) is 15.0. The van der Waals surface area contributed by atoms with Gasteiger partial charge < -0.3 is 15.3 Å². The van der Waals surface area contributed by atoms with Crippen LogP contribution in [0.2, 0.25) is 0 Å². The lowest BCUT2D eigenvalue weighted by Gasteiger charge is -2.64. The lowest BCUT2D eigenvalue weighted by Crippen LogP contribution is -2.59. The van der Waals surface area contributed by atoms with Crippen molar-refractivity contribution in [2.75, 3.05) is 6.61 Å². The smallest absolute Gasteiger partial charge is 0.0910 e. The molecule has 2 bridgehead atoms. The van der Waals surface area contributed by atoms with E-state index in [1.54, 1.807) is 0 Å². The number of rotatable bonds is 1. The maximum absolute atomic E-state index is 10.9. The molecule has 3 heteroatoms. The highest BCUT2D eigenvalue weighted by atomic mass is 16.3. The van der Waals surface area contributed by atoms with E-state index in [4.69, 9.17) is 0 Å². The van der Waals surface area contributed by atoms with Crippen molar-refractivity contribution in [3.8, 4) is 0 Å². The van der Waals surface area contributed by atoms with Crippen LogP contribution in [0.15, 0.2) is 0 Å². The largest absolute Gasteiger partial charge is 0.393 e. The molecular formula is C20H34O3. The molecule has 0 aliphatic heterocycles. The van der Waals surface area contributed by atoms with Gasteiger partial charge in [-0.15, -0.1) is 0 Å². The Labute approximate surface area is 140 Å². The monoisotopic (exact) mass is 322 g/mol. The molecule has 0 amide bonds. The second-order valence-corrected chi connectivity index (χ2v) is 10.3. The van der Waals surface area contributed by atoms with Crippen LogP contribution in [0.25, 0.3) is 0 Å². The van der Waals surface area contributed by atoms with Crippen LogP contribution < -0.4 is 0 Å². The van der Waals surface area contributed by atoms with Gasteiger partial charge in [-0.25, -0.2) is 0 Å². The zero-order valence-corrected chi connectivity index (χ0v) is 15.0. The van der Waals surface area contributed by atoms with Gasteiger partial charge >= 0.3 is 0 Å². The van der Waals surface area contributed by atoms with Crippen molar-refractivity contribution in [1.82, 2.24) is 0 Å². The molecule has 4 aliphatic carbocycles. The molecule has 0 unspecified atom stereocenters. The predicted octanol–water partition coefficient (Wildman–Crippen LogP) is 3.11. The highest BCUT2D eigenvalue weighted by Gasteiger charge is 2.67. The maximum Gasteiger partial charge on any atom is 0.0910 e. The molecule has 4 fully saturated rings. The predicted molar refractivity (Wildman–Crippen MR) is 89.8 cm³/mol. The van der Waals surface area contributed by atoms with Crippen molar-refractivity contribution in [2.24, 2.45) is 34.0 Å². The lowest BCUT2D eigenvalue weighted by atomic mass is 9.41. The fraction of sp³-hybridized carbons (Fsp3) is 1.00. The average Bonchev–Trinajstić information content (AvgIpc) is 2.70. The van der Waals surface area contributed by atoms with Gasteiger partial charge in [-0.05, 0) is 85.4 Å². The van der Waals surface area contributed by atoms with Crippen LogP contribution in [0.1, 0.15) is 72.1 Å². The van der Waals surface area contributed by atoms with Crippen LogP contribution in [0.4, 0.5) is 0 Å². The molecule has 4 saturated carbocycles. The first kappa shape index (κ1) is 16.4. The molecule has 0 aromatic heterocycles. The Hall–Kier alpha value is -0.120. The van der Waals surface area contributed by atoms with E-state index in [1.165, 1.54) is 19.3 Å². The van der Waals surface area contributed by atoms with Gasteiger partial charge in [-0.1, -0.05) is 20.8 Å². The molecule has 1 spiro atoms. The minimum atomic E-state index is -0.832. The molecule has 0 saturated heterocycles. The summed E-state index contributed by atoms with van der Waals surface area (Å²) < 4.78 is 0. The van der Waals surface area contributed by atoms with Crippen LogP contribution in [0.5, 0.6) is 0 Å². The topological polar surface area (TPSA) is 60.7 Å². The second kappa shape index (κ2) is 4.74. The summed E-state index contributed by atoms with van der Waals surface area (Å²) in [4.78, 5) is 0. The van der Waals surface area contributed by atoms with Gasteiger partial charge in [0.1, 0.15) is 0 Å². The molecule has 0 aromatic rings. The number of hydrogen-bond acceptors (Lipinski definition) is 3. The van der Waals surface area contributed by atoms with Gasteiger partial charge in [-0.2, -0.15) is 0 Å². The van der Waals surface area contributed by atoms with Crippen LogP contribution in [0, 0.1) is 34.0 Å².